The minimum absolute atomic E-state index is 0. The van der Waals surface area contributed by atoms with Crippen LogP contribution in [0.5, 0.6) is 0 Å². The van der Waals surface area contributed by atoms with Crippen molar-refractivity contribution in [2.45, 2.75) is 31.7 Å². The van der Waals surface area contributed by atoms with Crippen molar-refractivity contribution in [3.05, 3.63) is 60.2 Å². The summed E-state index contributed by atoms with van der Waals surface area (Å²) in [6.45, 7) is 0. The lowest BCUT2D eigenvalue weighted by Gasteiger charge is -2.31. The summed E-state index contributed by atoms with van der Waals surface area (Å²) in [6.07, 6.45) is 3.07. The molecular formula is C21H27ClN2O2. The van der Waals surface area contributed by atoms with E-state index in [0.29, 0.717) is 12.8 Å². The van der Waals surface area contributed by atoms with Crippen LogP contribution in [-0.4, -0.2) is 31.2 Å². The van der Waals surface area contributed by atoms with Crippen LogP contribution in [0.4, 0.5) is 0 Å². The molecule has 3 rings (SSSR count). The highest BCUT2D eigenvalue weighted by Crippen LogP contribution is 2.42. The van der Waals surface area contributed by atoms with Gasteiger partial charge in [-0.15, -0.1) is 12.4 Å². The van der Waals surface area contributed by atoms with Gasteiger partial charge in [-0.05, 0) is 42.4 Å². The fraction of sp³-hybridized carbons (Fsp3) is 0.381. The molecule has 140 valence electrons. The quantitative estimate of drug-likeness (QED) is 0.809. The van der Waals surface area contributed by atoms with Crippen LogP contribution in [0.15, 0.2) is 54.6 Å². The normalized spacial score (nSPS) is 21.9. The summed E-state index contributed by atoms with van der Waals surface area (Å²) in [6, 6.07) is 18.8. The third kappa shape index (κ3) is 4.26. The standard InChI is InChI=1S/C21H26N2O2.ClH/c1-23(25-2)20(24)21(12-11-19(22)15-21)14-16-7-6-10-18(13-16)17-8-4-3-5-9-17;/h3-10,13,19H,11-12,14-15,22H2,1-2H3;1H/t19-,21+;/m0./s1. The molecule has 2 aromatic rings. The number of hydrogen-bond acceptors (Lipinski definition) is 3. The van der Waals surface area contributed by atoms with E-state index in [9.17, 15) is 4.79 Å². The van der Waals surface area contributed by atoms with Crippen LogP contribution in [0.1, 0.15) is 24.8 Å². The van der Waals surface area contributed by atoms with Gasteiger partial charge in [0, 0.05) is 13.1 Å². The number of nitrogens with two attached hydrogens (primary N) is 1. The van der Waals surface area contributed by atoms with Gasteiger partial charge in [0.1, 0.15) is 0 Å². The van der Waals surface area contributed by atoms with Crippen LogP contribution in [0.25, 0.3) is 11.1 Å². The average Bonchev–Trinajstić information content (AvgIpc) is 3.03. The largest absolute Gasteiger partial charge is 0.328 e. The van der Waals surface area contributed by atoms with Crippen LogP contribution < -0.4 is 5.73 Å². The summed E-state index contributed by atoms with van der Waals surface area (Å²) in [5.41, 5.74) is 9.19. The van der Waals surface area contributed by atoms with Crippen molar-refractivity contribution in [3.8, 4) is 11.1 Å². The van der Waals surface area contributed by atoms with Gasteiger partial charge in [-0.25, -0.2) is 5.06 Å². The topological polar surface area (TPSA) is 55.6 Å². The molecule has 0 bridgehead atoms. The molecular weight excluding hydrogens is 348 g/mol. The second kappa shape index (κ2) is 8.67. The zero-order chi connectivity index (χ0) is 17.9. The number of hydroxylamine groups is 2. The summed E-state index contributed by atoms with van der Waals surface area (Å²) in [7, 11) is 3.20. The van der Waals surface area contributed by atoms with Crippen molar-refractivity contribution < 1.29 is 9.63 Å². The Morgan fingerprint density at radius 3 is 2.50 bits per heavy atom. The molecule has 0 saturated heterocycles. The fourth-order valence-electron chi connectivity index (χ4n) is 3.90. The minimum atomic E-state index is -0.473. The van der Waals surface area contributed by atoms with Crippen LogP contribution >= 0.6 is 12.4 Å². The predicted molar refractivity (Wildman–Crippen MR) is 107 cm³/mol. The van der Waals surface area contributed by atoms with Gasteiger partial charge in [0.25, 0.3) is 5.91 Å². The Morgan fingerprint density at radius 2 is 1.88 bits per heavy atom. The number of benzene rings is 2. The number of carbonyl (C=O) groups is 1. The maximum atomic E-state index is 12.9. The van der Waals surface area contributed by atoms with E-state index < -0.39 is 5.41 Å². The van der Waals surface area contributed by atoms with Gasteiger partial charge in [0.15, 0.2) is 0 Å². The molecule has 2 aromatic carbocycles. The number of amides is 1. The van der Waals surface area contributed by atoms with Crippen molar-refractivity contribution in [3.63, 3.8) is 0 Å². The number of nitrogens with zero attached hydrogens (tertiary/aromatic N) is 1. The second-order valence-electron chi connectivity index (χ2n) is 7.01. The molecule has 1 saturated carbocycles. The minimum Gasteiger partial charge on any atom is -0.328 e. The Kier molecular flexibility index (Phi) is 6.81. The van der Waals surface area contributed by atoms with Gasteiger partial charge >= 0.3 is 0 Å². The average molecular weight is 375 g/mol. The lowest BCUT2D eigenvalue weighted by Crippen LogP contribution is -2.42. The third-order valence-electron chi connectivity index (χ3n) is 5.24. The van der Waals surface area contributed by atoms with Crippen LogP contribution in [0.3, 0.4) is 0 Å². The van der Waals surface area contributed by atoms with Gasteiger partial charge in [0.05, 0.1) is 12.5 Å². The molecule has 0 radical (unpaired) electrons. The highest BCUT2D eigenvalue weighted by molar-refractivity contribution is 5.85. The summed E-state index contributed by atoms with van der Waals surface area (Å²) in [5.74, 6) is 0.0214. The van der Waals surface area contributed by atoms with Gasteiger partial charge in [-0.1, -0.05) is 54.6 Å². The van der Waals surface area contributed by atoms with Gasteiger partial charge in [-0.3, -0.25) is 9.63 Å². The Hall–Kier alpha value is -1.88. The maximum Gasteiger partial charge on any atom is 0.252 e. The molecule has 26 heavy (non-hydrogen) atoms. The first-order valence-electron chi connectivity index (χ1n) is 8.76. The van der Waals surface area contributed by atoms with Gasteiger partial charge in [-0.2, -0.15) is 0 Å². The number of rotatable bonds is 5. The molecule has 4 nitrogen and oxygen atoms in total. The summed E-state index contributed by atoms with van der Waals surface area (Å²) in [5, 5.41) is 1.35. The molecule has 5 heteroatoms. The molecule has 0 aromatic heterocycles. The first-order valence-corrected chi connectivity index (χ1v) is 8.76. The summed E-state index contributed by atoms with van der Waals surface area (Å²) in [4.78, 5) is 18.1. The predicted octanol–water partition coefficient (Wildman–Crippen LogP) is 3.84. The summed E-state index contributed by atoms with van der Waals surface area (Å²) >= 11 is 0. The van der Waals surface area contributed by atoms with E-state index in [4.69, 9.17) is 10.6 Å². The lowest BCUT2D eigenvalue weighted by atomic mass is 9.78. The first kappa shape index (κ1) is 20.4. The molecule has 1 amide bonds. The Balaban J connectivity index is 0.00000243. The number of hydrogen-bond donors (Lipinski definition) is 1. The van der Waals surface area contributed by atoms with Crippen molar-refractivity contribution in [2.75, 3.05) is 14.2 Å². The van der Waals surface area contributed by atoms with E-state index in [0.717, 1.165) is 18.4 Å². The van der Waals surface area contributed by atoms with Crippen LogP contribution in [0.2, 0.25) is 0 Å². The number of halogens is 1. The monoisotopic (exact) mass is 374 g/mol. The zero-order valence-electron chi connectivity index (χ0n) is 15.4. The van der Waals surface area contributed by atoms with E-state index in [1.807, 2.05) is 18.2 Å². The SMILES string of the molecule is CON(C)C(=O)[C@@]1(Cc2cccc(-c3ccccc3)c2)CC[C@H](N)C1.Cl. The molecule has 1 aliphatic rings. The highest BCUT2D eigenvalue weighted by atomic mass is 35.5. The third-order valence-corrected chi connectivity index (χ3v) is 5.24. The molecule has 1 aliphatic carbocycles. The molecule has 2 N–H and O–H groups in total. The van der Waals surface area contributed by atoms with E-state index in [1.165, 1.54) is 23.3 Å². The molecule has 2 atom stereocenters. The lowest BCUT2D eigenvalue weighted by molar-refractivity contribution is -0.180. The molecule has 0 spiro atoms. The first-order chi connectivity index (χ1) is 12.0. The summed E-state index contributed by atoms with van der Waals surface area (Å²) < 4.78 is 0. The molecule has 1 fully saturated rings. The molecule has 0 unspecified atom stereocenters. The zero-order valence-corrected chi connectivity index (χ0v) is 16.2. The fourth-order valence-corrected chi connectivity index (χ4v) is 3.90. The van der Waals surface area contributed by atoms with Crippen molar-refractivity contribution in [1.82, 2.24) is 5.06 Å². The van der Waals surface area contributed by atoms with Crippen LogP contribution in [0, 0.1) is 5.41 Å². The number of carbonyl (C=O) groups excluding carboxylic acids is 1. The smallest absolute Gasteiger partial charge is 0.252 e. The maximum absolute atomic E-state index is 12.9. The Labute approximate surface area is 161 Å². The van der Waals surface area contributed by atoms with Crippen molar-refractivity contribution in [2.24, 2.45) is 11.1 Å². The van der Waals surface area contributed by atoms with Crippen molar-refractivity contribution in [1.29, 1.82) is 0 Å². The van der Waals surface area contributed by atoms with Crippen molar-refractivity contribution >= 4 is 18.3 Å². The van der Waals surface area contributed by atoms with E-state index >= 15 is 0 Å². The van der Waals surface area contributed by atoms with E-state index in [1.54, 1.807) is 7.05 Å². The highest BCUT2D eigenvalue weighted by Gasteiger charge is 2.46. The van der Waals surface area contributed by atoms with Gasteiger partial charge < -0.3 is 5.73 Å². The van der Waals surface area contributed by atoms with Crippen LogP contribution in [-0.2, 0) is 16.1 Å². The second-order valence-corrected chi connectivity index (χ2v) is 7.01. The van der Waals surface area contributed by atoms with E-state index in [-0.39, 0.29) is 24.4 Å². The Morgan fingerprint density at radius 1 is 1.19 bits per heavy atom. The molecule has 0 aliphatic heterocycles. The Bertz CT molecular complexity index is 738. The van der Waals surface area contributed by atoms with E-state index in [2.05, 4.69) is 36.4 Å². The van der Waals surface area contributed by atoms with Gasteiger partial charge in [0.2, 0.25) is 0 Å². The molecule has 0 heterocycles.